The molecule has 4 nitrogen and oxygen atoms in total. The van der Waals surface area contributed by atoms with Crippen molar-refractivity contribution < 1.29 is 35.8 Å². The van der Waals surface area contributed by atoms with Gasteiger partial charge in [0, 0.05) is 34.1 Å². The third-order valence-corrected chi connectivity index (χ3v) is 10.1. The number of nitrogens with zero attached hydrogens (tertiary/aromatic N) is 2. The van der Waals surface area contributed by atoms with E-state index in [0.717, 1.165) is 46.3 Å². The number of ether oxygens (including phenoxy) is 2. The zero-order valence-electron chi connectivity index (χ0n) is 37.5. The number of hydrogen-bond donors (Lipinski definition) is 0. The van der Waals surface area contributed by atoms with Crippen LogP contribution in [0, 0.1) is 0 Å². The van der Waals surface area contributed by atoms with Gasteiger partial charge in [0.05, 0.1) is 11.1 Å². The molecule has 0 fully saturated rings. The lowest BCUT2D eigenvalue weighted by atomic mass is 9.95. The molecule has 0 saturated carbocycles. The van der Waals surface area contributed by atoms with E-state index in [9.17, 15) is 26.3 Å². The summed E-state index contributed by atoms with van der Waals surface area (Å²) in [5, 5.41) is 0. The molecule has 0 aliphatic heterocycles. The van der Waals surface area contributed by atoms with Crippen LogP contribution < -0.4 is 19.3 Å². The van der Waals surface area contributed by atoms with Crippen molar-refractivity contribution in [1.29, 1.82) is 0 Å². The maximum absolute atomic E-state index is 14.6. The summed E-state index contributed by atoms with van der Waals surface area (Å²) in [6, 6.07) is 49.7. The van der Waals surface area contributed by atoms with E-state index in [4.69, 9.17) is 9.47 Å². The fraction of sp³-hybridized carbons (Fsp3) is 0.179. The van der Waals surface area contributed by atoms with E-state index < -0.39 is 34.6 Å². The summed E-state index contributed by atoms with van der Waals surface area (Å²) >= 11 is 0. The molecule has 0 atom stereocenters. The van der Waals surface area contributed by atoms with Gasteiger partial charge in [0.2, 0.25) is 0 Å². The van der Waals surface area contributed by atoms with Gasteiger partial charge in [-0.25, -0.2) is 0 Å². The number of halogens is 6. The molecule has 0 amide bonds. The number of alkyl halides is 6. The summed E-state index contributed by atoms with van der Waals surface area (Å²) in [5.74, 6) is 1.41. The van der Waals surface area contributed by atoms with Gasteiger partial charge in [0.25, 0.3) is 0 Å². The average molecular weight is 897 g/mol. The highest BCUT2D eigenvalue weighted by molar-refractivity contribution is 5.81. The molecule has 0 unspecified atom stereocenters. The van der Waals surface area contributed by atoms with Crippen LogP contribution in [0.25, 0.3) is 24.3 Å². The second-order valence-corrected chi connectivity index (χ2v) is 17.6. The normalized spacial score (nSPS) is 12.4. The lowest BCUT2D eigenvalue weighted by Crippen LogP contribution is -2.22. The maximum Gasteiger partial charge on any atom is 0.417 e. The van der Waals surface area contributed by atoms with E-state index in [2.05, 4.69) is 0 Å². The smallest absolute Gasteiger partial charge is 0.417 e. The number of anilines is 6. The Morgan fingerprint density at radius 1 is 0.348 bits per heavy atom. The van der Waals surface area contributed by atoms with Crippen LogP contribution in [0.4, 0.5) is 60.5 Å². The van der Waals surface area contributed by atoms with Crippen LogP contribution in [-0.4, -0.2) is 11.2 Å². The molecule has 0 radical (unpaired) electrons. The van der Waals surface area contributed by atoms with Crippen LogP contribution >= 0.6 is 0 Å². The summed E-state index contributed by atoms with van der Waals surface area (Å²) in [5.41, 5.74) is 1.56. The Balaban J connectivity index is 1.16. The van der Waals surface area contributed by atoms with E-state index in [1.807, 2.05) is 161 Å². The third kappa shape index (κ3) is 12.1. The van der Waals surface area contributed by atoms with Crippen LogP contribution in [-0.2, 0) is 12.4 Å². The minimum absolute atomic E-state index is 0.378. The first-order chi connectivity index (χ1) is 31.2. The summed E-state index contributed by atoms with van der Waals surface area (Å²) in [6.45, 7) is 11.8. The van der Waals surface area contributed by atoms with Crippen LogP contribution in [0.15, 0.2) is 170 Å². The van der Waals surface area contributed by atoms with Gasteiger partial charge in [-0.15, -0.1) is 0 Å². The van der Waals surface area contributed by atoms with E-state index in [1.54, 1.807) is 48.5 Å². The Bertz CT molecular complexity index is 2560. The predicted octanol–water partition coefficient (Wildman–Crippen LogP) is 17.4. The SMILES string of the molecule is CC(C)(C)Oc1ccc(N(c2ccccc2)c2ccc(C=Cc3cc(C(F)(F)F)c(C=Cc4ccc(N(c5ccccc5)c5ccc(OC(C)(C)C)cc5)cc4)cc3C(F)(F)F)cc2)cc1. The Hall–Kier alpha value is -7.20. The first kappa shape index (κ1) is 46.8. The molecule has 7 aromatic rings. The van der Waals surface area contributed by atoms with Gasteiger partial charge in [-0.05, 0) is 173 Å². The van der Waals surface area contributed by atoms with Crippen LogP contribution in [0.3, 0.4) is 0 Å². The molecular weight excluding hydrogens is 847 g/mol. The molecule has 0 N–H and O–H groups in total. The number of benzene rings is 7. The van der Waals surface area contributed by atoms with Crippen molar-refractivity contribution in [3.8, 4) is 11.5 Å². The molecule has 0 aliphatic carbocycles. The maximum atomic E-state index is 14.6. The molecule has 0 aromatic heterocycles. The average Bonchev–Trinajstić information content (AvgIpc) is 3.26. The van der Waals surface area contributed by atoms with Gasteiger partial charge in [0.1, 0.15) is 22.7 Å². The topological polar surface area (TPSA) is 24.9 Å². The predicted molar refractivity (Wildman–Crippen MR) is 257 cm³/mol. The van der Waals surface area contributed by atoms with Crippen LogP contribution in [0.5, 0.6) is 11.5 Å². The van der Waals surface area contributed by atoms with E-state index in [1.165, 1.54) is 12.2 Å². The van der Waals surface area contributed by atoms with Crippen molar-refractivity contribution in [2.24, 2.45) is 0 Å². The molecule has 0 saturated heterocycles. The van der Waals surface area contributed by atoms with E-state index in [0.29, 0.717) is 34.8 Å². The highest BCUT2D eigenvalue weighted by atomic mass is 19.4. The Morgan fingerprint density at radius 3 is 0.894 bits per heavy atom. The van der Waals surface area contributed by atoms with Crippen molar-refractivity contribution in [1.82, 2.24) is 0 Å². The molecule has 0 aliphatic rings. The number of para-hydroxylation sites is 2. The fourth-order valence-corrected chi connectivity index (χ4v) is 7.32. The molecule has 10 heteroatoms. The minimum Gasteiger partial charge on any atom is -0.488 e. The van der Waals surface area contributed by atoms with Crippen molar-refractivity contribution in [2.45, 2.75) is 65.1 Å². The molecule has 66 heavy (non-hydrogen) atoms. The quantitative estimate of drug-likeness (QED) is 0.0901. The number of rotatable bonds is 12. The van der Waals surface area contributed by atoms with Crippen LogP contribution in [0.1, 0.15) is 74.9 Å². The highest BCUT2D eigenvalue weighted by Crippen LogP contribution is 2.42. The largest absolute Gasteiger partial charge is 0.488 e. The van der Waals surface area contributed by atoms with Crippen LogP contribution in [0.2, 0.25) is 0 Å². The molecular formula is C56H50F6N2O2. The second-order valence-electron chi connectivity index (χ2n) is 17.6. The molecule has 7 rings (SSSR count). The second kappa shape index (κ2) is 19.1. The Labute approximate surface area is 382 Å². The fourth-order valence-electron chi connectivity index (χ4n) is 7.32. The standard InChI is InChI=1S/C56H50F6N2O2/c1-53(2,3)65-49-33-29-47(30-34-49)63(43-13-9-7-10-14-43)45-25-19-39(20-26-45)17-23-41-37-52(56(60,61)62)42(38-51(41)55(57,58)59)24-18-40-21-27-46(28-22-40)64(44-15-11-8-12-16-44)48-31-35-50(36-32-48)66-54(4,5)6/h7-38H,1-6H3. The molecule has 338 valence electrons. The van der Waals surface area contributed by atoms with E-state index in [-0.39, 0.29) is 11.2 Å². The summed E-state index contributed by atoms with van der Waals surface area (Å²) < 4.78 is 99.9. The van der Waals surface area contributed by atoms with Crippen molar-refractivity contribution in [3.05, 3.63) is 203 Å². The van der Waals surface area contributed by atoms with Crippen molar-refractivity contribution >= 4 is 58.4 Å². The van der Waals surface area contributed by atoms with Gasteiger partial charge in [0.15, 0.2) is 0 Å². The van der Waals surface area contributed by atoms with Gasteiger partial charge < -0.3 is 19.3 Å². The van der Waals surface area contributed by atoms with Gasteiger partial charge in [-0.2, -0.15) is 26.3 Å². The highest BCUT2D eigenvalue weighted by Gasteiger charge is 2.38. The first-order valence-electron chi connectivity index (χ1n) is 21.4. The lowest BCUT2D eigenvalue weighted by molar-refractivity contribution is -0.141. The molecule has 0 bridgehead atoms. The first-order valence-corrected chi connectivity index (χ1v) is 21.4. The summed E-state index contributed by atoms with van der Waals surface area (Å²) in [6.07, 6.45) is -4.98. The zero-order chi connectivity index (χ0) is 47.3. The molecule has 7 aromatic carbocycles. The summed E-state index contributed by atoms with van der Waals surface area (Å²) in [4.78, 5) is 4.02. The summed E-state index contributed by atoms with van der Waals surface area (Å²) in [7, 11) is 0. The molecule has 0 heterocycles. The minimum atomic E-state index is -4.94. The van der Waals surface area contributed by atoms with E-state index >= 15 is 0 Å². The van der Waals surface area contributed by atoms with Gasteiger partial charge >= 0.3 is 12.4 Å². The van der Waals surface area contributed by atoms with Crippen molar-refractivity contribution in [2.75, 3.05) is 9.80 Å². The molecule has 0 spiro atoms. The monoisotopic (exact) mass is 896 g/mol. The Morgan fingerprint density at radius 2 is 0.621 bits per heavy atom. The van der Waals surface area contributed by atoms with Gasteiger partial charge in [-0.3, -0.25) is 0 Å². The van der Waals surface area contributed by atoms with Crippen molar-refractivity contribution in [3.63, 3.8) is 0 Å². The number of hydrogen-bond acceptors (Lipinski definition) is 4. The third-order valence-electron chi connectivity index (χ3n) is 10.1. The zero-order valence-corrected chi connectivity index (χ0v) is 37.5. The van der Waals surface area contributed by atoms with Gasteiger partial charge in [-0.1, -0.05) is 85.0 Å². The lowest BCUT2D eigenvalue weighted by Gasteiger charge is -2.26. The Kier molecular flexibility index (Phi) is 13.5.